The molecule has 2 aromatic carbocycles. The Morgan fingerprint density at radius 2 is 1.75 bits per heavy atom. The second-order valence-electron chi connectivity index (χ2n) is 6.21. The lowest BCUT2D eigenvalue weighted by molar-refractivity contribution is 0.387. The molecule has 5 heteroatoms. The largest absolute Gasteiger partial charge is 0.506 e. The van der Waals surface area contributed by atoms with Gasteiger partial charge in [0.05, 0.1) is 5.69 Å². The van der Waals surface area contributed by atoms with Crippen LogP contribution in [0.25, 0.3) is 0 Å². The molecule has 0 aliphatic carbocycles. The number of phenolic OH excluding ortho intramolecular Hbond substituents is 1. The molecular weight excluding hydrogens is 318 g/mol. The fraction of sp³-hybridized carbons (Fsp3) is 0.316. The summed E-state index contributed by atoms with van der Waals surface area (Å²) in [6, 6.07) is 13.8. The molecule has 0 amide bonds. The molecule has 0 bridgehead atoms. The van der Waals surface area contributed by atoms with Crippen molar-refractivity contribution in [2.45, 2.75) is 13.8 Å². The Labute approximate surface area is 148 Å². The third kappa shape index (κ3) is 3.62. The predicted molar refractivity (Wildman–Crippen MR) is 104 cm³/mol. The molecule has 0 saturated carbocycles. The minimum absolute atomic E-state index is 0.335. The zero-order valence-electron chi connectivity index (χ0n) is 14.1. The molecule has 1 fully saturated rings. The van der Waals surface area contributed by atoms with Gasteiger partial charge in [0.25, 0.3) is 0 Å². The van der Waals surface area contributed by atoms with Crippen LogP contribution in [0.15, 0.2) is 42.5 Å². The molecule has 0 unspecified atom stereocenters. The average molecular weight is 341 g/mol. The minimum atomic E-state index is 0.335. The number of piperazine rings is 1. The third-order valence-electron chi connectivity index (χ3n) is 4.41. The first-order chi connectivity index (χ1) is 11.5. The van der Waals surface area contributed by atoms with Crippen LogP contribution < -0.4 is 10.2 Å². The molecule has 0 radical (unpaired) electrons. The Kier molecular flexibility index (Phi) is 4.90. The van der Waals surface area contributed by atoms with Crippen molar-refractivity contribution < 1.29 is 5.11 Å². The zero-order chi connectivity index (χ0) is 17.1. The molecule has 126 valence electrons. The number of thiocarbonyl (C=S) groups is 1. The maximum Gasteiger partial charge on any atom is 0.173 e. The Morgan fingerprint density at radius 3 is 2.42 bits per heavy atom. The highest BCUT2D eigenvalue weighted by atomic mass is 32.1. The number of para-hydroxylation sites is 2. The summed E-state index contributed by atoms with van der Waals surface area (Å²) in [6.07, 6.45) is 0. The summed E-state index contributed by atoms with van der Waals surface area (Å²) in [5, 5.41) is 14.1. The molecule has 2 N–H and O–H groups in total. The molecule has 0 spiro atoms. The summed E-state index contributed by atoms with van der Waals surface area (Å²) in [7, 11) is 0. The van der Waals surface area contributed by atoms with Gasteiger partial charge in [-0.2, -0.15) is 0 Å². The third-order valence-corrected chi connectivity index (χ3v) is 4.77. The highest BCUT2D eigenvalue weighted by Crippen LogP contribution is 2.27. The number of hydrogen-bond donors (Lipinski definition) is 2. The van der Waals surface area contributed by atoms with E-state index < -0.39 is 0 Å². The first-order valence-corrected chi connectivity index (χ1v) is 8.61. The number of aromatic hydroxyl groups is 1. The number of rotatable bonds is 2. The summed E-state index contributed by atoms with van der Waals surface area (Å²) < 4.78 is 0. The fourth-order valence-electron chi connectivity index (χ4n) is 3.03. The molecule has 3 rings (SSSR count). The molecule has 4 nitrogen and oxygen atoms in total. The monoisotopic (exact) mass is 341 g/mol. The van der Waals surface area contributed by atoms with E-state index in [1.54, 1.807) is 6.07 Å². The number of nitrogens with zero attached hydrogens (tertiary/aromatic N) is 2. The van der Waals surface area contributed by atoms with E-state index in [0.717, 1.165) is 42.7 Å². The van der Waals surface area contributed by atoms with Crippen molar-refractivity contribution in [1.82, 2.24) is 4.90 Å². The van der Waals surface area contributed by atoms with Gasteiger partial charge in [-0.1, -0.05) is 29.8 Å². The maximum absolute atomic E-state index is 9.99. The maximum atomic E-state index is 9.99. The Balaban J connectivity index is 1.60. The summed E-state index contributed by atoms with van der Waals surface area (Å²) in [4.78, 5) is 4.39. The predicted octanol–water partition coefficient (Wildman–Crippen LogP) is 3.53. The van der Waals surface area contributed by atoms with Crippen LogP contribution in [0.4, 0.5) is 11.4 Å². The lowest BCUT2D eigenvalue weighted by Crippen LogP contribution is -2.50. The van der Waals surface area contributed by atoms with E-state index in [-0.39, 0.29) is 0 Å². The summed E-state index contributed by atoms with van der Waals surface area (Å²) >= 11 is 5.58. The topological polar surface area (TPSA) is 38.7 Å². The first kappa shape index (κ1) is 16.6. The number of aryl methyl sites for hydroxylation is 2. The fourth-order valence-corrected chi connectivity index (χ4v) is 3.32. The van der Waals surface area contributed by atoms with Gasteiger partial charge in [-0.25, -0.2) is 0 Å². The zero-order valence-corrected chi connectivity index (χ0v) is 14.9. The summed E-state index contributed by atoms with van der Waals surface area (Å²) in [6.45, 7) is 7.54. The highest BCUT2D eigenvalue weighted by molar-refractivity contribution is 7.80. The highest BCUT2D eigenvalue weighted by Gasteiger charge is 2.20. The van der Waals surface area contributed by atoms with Gasteiger partial charge in [-0.3, -0.25) is 0 Å². The molecule has 24 heavy (non-hydrogen) atoms. The van der Waals surface area contributed by atoms with E-state index >= 15 is 0 Å². The van der Waals surface area contributed by atoms with Crippen molar-refractivity contribution in [3.8, 4) is 5.75 Å². The quantitative estimate of drug-likeness (QED) is 0.818. The standard InChI is InChI=1S/C19H23N3OS/c1-14-7-8-16(15(2)13-14)20-19(24)22-11-9-21(10-12-22)17-5-3-4-6-18(17)23/h3-8,13,23H,9-12H2,1-2H3,(H,20,24). The molecular formula is C19H23N3OS. The molecule has 0 atom stereocenters. The summed E-state index contributed by atoms with van der Waals surface area (Å²) in [5.41, 5.74) is 4.41. The lowest BCUT2D eigenvalue weighted by Gasteiger charge is -2.37. The number of nitrogens with one attached hydrogen (secondary N) is 1. The van der Waals surface area contributed by atoms with Crippen LogP contribution >= 0.6 is 12.2 Å². The van der Waals surface area contributed by atoms with Gasteiger partial charge in [-0.15, -0.1) is 0 Å². The Morgan fingerprint density at radius 1 is 1.04 bits per heavy atom. The van der Waals surface area contributed by atoms with Crippen LogP contribution in [0, 0.1) is 13.8 Å². The molecule has 1 heterocycles. The van der Waals surface area contributed by atoms with Gasteiger partial charge in [-0.05, 0) is 49.8 Å². The van der Waals surface area contributed by atoms with Crippen molar-refractivity contribution in [2.24, 2.45) is 0 Å². The van der Waals surface area contributed by atoms with Gasteiger partial charge in [0, 0.05) is 31.9 Å². The average Bonchev–Trinajstić information content (AvgIpc) is 2.58. The minimum Gasteiger partial charge on any atom is -0.506 e. The van der Waals surface area contributed by atoms with Crippen molar-refractivity contribution in [3.63, 3.8) is 0 Å². The first-order valence-electron chi connectivity index (χ1n) is 8.21. The summed E-state index contributed by atoms with van der Waals surface area (Å²) in [5.74, 6) is 0.335. The second-order valence-corrected chi connectivity index (χ2v) is 6.60. The van der Waals surface area contributed by atoms with Gasteiger partial charge >= 0.3 is 0 Å². The SMILES string of the molecule is Cc1ccc(NC(=S)N2CCN(c3ccccc3O)CC2)c(C)c1. The Bertz CT molecular complexity index is 739. The van der Waals surface area contributed by atoms with Gasteiger partial charge in [0.1, 0.15) is 5.75 Å². The number of benzene rings is 2. The van der Waals surface area contributed by atoms with Crippen LogP contribution in [-0.2, 0) is 0 Å². The lowest BCUT2D eigenvalue weighted by atomic mass is 10.1. The van der Waals surface area contributed by atoms with E-state index in [1.807, 2.05) is 18.2 Å². The van der Waals surface area contributed by atoms with Crippen molar-refractivity contribution in [1.29, 1.82) is 0 Å². The number of hydrogen-bond acceptors (Lipinski definition) is 3. The molecule has 1 saturated heterocycles. The van der Waals surface area contributed by atoms with E-state index in [4.69, 9.17) is 12.2 Å². The number of anilines is 2. The smallest absolute Gasteiger partial charge is 0.173 e. The van der Waals surface area contributed by atoms with Crippen molar-refractivity contribution in [2.75, 3.05) is 36.4 Å². The van der Waals surface area contributed by atoms with E-state index in [9.17, 15) is 5.11 Å². The van der Waals surface area contributed by atoms with E-state index in [1.165, 1.54) is 11.1 Å². The van der Waals surface area contributed by atoms with Crippen molar-refractivity contribution >= 4 is 28.7 Å². The van der Waals surface area contributed by atoms with E-state index in [2.05, 4.69) is 47.2 Å². The van der Waals surface area contributed by atoms with Crippen molar-refractivity contribution in [3.05, 3.63) is 53.6 Å². The molecule has 2 aromatic rings. The van der Waals surface area contributed by atoms with Crippen LogP contribution in [0.2, 0.25) is 0 Å². The second kappa shape index (κ2) is 7.09. The molecule has 1 aliphatic rings. The molecule has 0 aromatic heterocycles. The normalized spacial score (nSPS) is 14.6. The van der Waals surface area contributed by atoms with Crippen LogP contribution in [0.3, 0.4) is 0 Å². The molecule has 1 aliphatic heterocycles. The van der Waals surface area contributed by atoms with E-state index in [0.29, 0.717) is 5.75 Å². The Hall–Kier alpha value is -2.27. The van der Waals surface area contributed by atoms with Gasteiger partial charge in [0.2, 0.25) is 0 Å². The van der Waals surface area contributed by atoms with Crippen LogP contribution in [0.5, 0.6) is 5.75 Å². The van der Waals surface area contributed by atoms with Gasteiger partial charge < -0.3 is 20.2 Å². The van der Waals surface area contributed by atoms with Gasteiger partial charge in [0.15, 0.2) is 5.11 Å². The van der Waals surface area contributed by atoms with Crippen LogP contribution in [-0.4, -0.2) is 41.3 Å². The van der Waals surface area contributed by atoms with Crippen LogP contribution in [0.1, 0.15) is 11.1 Å². The number of phenols is 1.